The van der Waals surface area contributed by atoms with Crippen LogP contribution in [0, 0.1) is 0 Å². The number of fused-ring (bicyclic) bond motifs is 1. The number of carbonyl (C=O) groups is 1. The van der Waals surface area contributed by atoms with E-state index < -0.39 is 0 Å². The van der Waals surface area contributed by atoms with Crippen molar-refractivity contribution >= 4 is 47.6 Å². The first-order valence-corrected chi connectivity index (χ1v) is 9.74. The fourth-order valence-corrected chi connectivity index (χ4v) is 3.08. The highest BCUT2D eigenvalue weighted by molar-refractivity contribution is 6.35. The normalized spacial score (nSPS) is 10.8. The molecule has 10 heteroatoms. The molecule has 9 nitrogen and oxygen atoms in total. The second-order valence-corrected chi connectivity index (χ2v) is 6.79. The van der Waals surface area contributed by atoms with Crippen molar-refractivity contribution in [1.29, 1.82) is 0 Å². The van der Waals surface area contributed by atoms with Gasteiger partial charge in [0.05, 0.1) is 18.6 Å². The fraction of sp³-hybridized carbons (Fsp3) is 0.200. The maximum absolute atomic E-state index is 11.9. The molecule has 4 rings (SSSR count). The topological polar surface area (TPSA) is 121 Å². The van der Waals surface area contributed by atoms with Crippen LogP contribution in [0.25, 0.3) is 10.9 Å². The zero-order valence-corrected chi connectivity index (χ0v) is 16.8. The number of imidazole rings is 1. The molecule has 0 aliphatic carbocycles. The van der Waals surface area contributed by atoms with Crippen LogP contribution >= 0.6 is 0 Å². The molecular weight excluding hydrogens is 381 g/mol. The van der Waals surface area contributed by atoms with Gasteiger partial charge >= 0.3 is 5.97 Å². The second-order valence-electron chi connectivity index (χ2n) is 6.79. The summed E-state index contributed by atoms with van der Waals surface area (Å²) in [6.07, 6.45) is 6.12. The molecule has 3 aromatic heterocycles. The van der Waals surface area contributed by atoms with Gasteiger partial charge in [0.15, 0.2) is 0 Å². The molecule has 0 atom stereocenters. The number of rotatable bonds is 8. The maximum atomic E-state index is 11.9. The van der Waals surface area contributed by atoms with E-state index in [4.69, 9.17) is 4.74 Å². The van der Waals surface area contributed by atoms with Gasteiger partial charge in [0.2, 0.25) is 5.95 Å². The van der Waals surface area contributed by atoms with E-state index in [0.29, 0.717) is 24.8 Å². The van der Waals surface area contributed by atoms with Crippen molar-refractivity contribution in [3.05, 3.63) is 54.4 Å². The van der Waals surface area contributed by atoms with Crippen LogP contribution in [0.4, 0.5) is 17.5 Å². The van der Waals surface area contributed by atoms with Gasteiger partial charge in [-0.1, -0.05) is 0 Å². The first kappa shape index (κ1) is 19.5. The first-order valence-electron chi connectivity index (χ1n) is 9.74. The largest absolute Gasteiger partial charge is 0.461 e. The average molecular weight is 403 g/mol. The Hall–Kier alpha value is -3.82. The van der Waals surface area contributed by atoms with Gasteiger partial charge in [0.1, 0.15) is 19.4 Å². The van der Waals surface area contributed by atoms with E-state index in [1.54, 1.807) is 25.5 Å². The third kappa shape index (κ3) is 4.43. The molecule has 30 heavy (non-hydrogen) atoms. The molecule has 0 radical (unpaired) electrons. The monoisotopic (exact) mass is 403 g/mol. The summed E-state index contributed by atoms with van der Waals surface area (Å²) < 4.78 is 5.05. The van der Waals surface area contributed by atoms with Gasteiger partial charge in [-0.25, -0.2) is 14.8 Å². The zero-order chi connectivity index (χ0) is 20.9. The minimum Gasteiger partial charge on any atom is -0.461 e. The van der Waals surface area contributed by atoms with Gasteiger partial charge < -0.3 is 25.3 Å². The van der Waals surface area contributed by atoms with Crippen LogP contribution in [-0.2, 0) is 11.2 Å². The highest BCUT2D eigenvalue weighted by atomic mass is 16.5. The molecule has 0 spiro atoms. The summed E-state index contributed by atoms with van der Waals surface area (Å²) in [4.78, 5) is 31.1. The summed E-state index contributed by atoms with van der Waals surface area (Å²) in [5.41, 5.74) is 4.06. The van der Waals surface area contributed by atoms with Crippen molar-refractivity contribution in [2.45, 2.75) is 13.3 Å². The zero-order valence-electron chi connectivity index (χ0n) is 16.8. The number of carbonyl (C=O) groups excluding carboxylic acids is 1. The predicted octanol–water partition coefficient (Wildman–Crippen LogP) is 1.51. The van der Waals surface area contributed by atoms with Crippen LogP contribution in [0.15, 0.2) is 43.0 Å². The van der Waals surface area contributed by atoms with Gasteiger partial charge in [0.25, 0.3) is 0 Å². The molecule has 4 N–H and O–H groups in total. The Morgan fingerprint density at radius 2 is 2.17 bits per heavy atom. The van der Waals surface area contributed by atoms with Crippen LogP contribution < -0.4 is 16.1 Å². The minimum absolute atomic E-state index is 0.337. The van der Waals surface area contributed by atoms with Crippen LogP contribution in [-0.4, -0.2) is 51.9 Å². The van der Waals surface area contributed by atoms with E-state index >= 15 is 0 Å². The lowest BCUT2D eigenvalue weighted by atomic mass is 9.99. The number of aromatic amines is 2. The van der Waals surface area contributed by atoms with Crippen LogP contribution in [0.1, 0.15) is 23.1 Å². The second kappa shape index (κ2) is 8.68. The van der Waals surface area contributed by atoms with Crippen LogP contribution in [0.3, 0.4) is 0 Å². The minimum atomic E-state index is -0.365. The fourth-order valence-electron chi connectivity index (χ4n) is 3.08. The van der Waals surface area contributed by atoms with E-state index in [1.165, 1.54) is 0 Å². The molecule has 0 aliphatic heterocycles. The van der Waals surface area contributed by atoms with Crippen molar-refractivity contribution < 1.29 is 9.53 Å². The Morgan fingerprint density at radius 3 is 2.97 bits per heavy atom. The number of nitrogens with zero attached hydrogens (tertiary/aromatic N) is 3. The van der Waals surface area contributed by atoms with Crippen molar-refractivity contribution in [2.24, 2.45) is 0 Å². The molecule has 1 aromatic carbocycles. The Labute approximate surface area is 174 Å². The summed E-state index contributed by atoms with van der Waals surface area (Å²) in [6.45, 7) is 2.84. The lowest BCUT2D eigenvalue weighted by molar-refractivity contribution is 0.0520. The molecule has 0 aliphatic rings. The molecule has 0 bridgehead atoms. The van der Waals surface area contributed by atoms with Gasteiger partial charge in [-0.3, -0.25) is 0 Å². The van der Waals surface area contributed by atoms with Gasteiger partial charge in [-0.15, -0.1) is 0 Å². The predicted molar refractivity (Wildman–Crippen MR) is 119 cm³/mol. The molecule has 0 unspecified atom stereocenters. The number of hydrogen-bond donors (Lipinski definition) is 4. The third-order valence-corrected chi connectivity index (χ3v) is 4.57. The summed E-state index contributed by atoms with van der Waals surface area (Å²) in [6, 6.07) is 7.51. The molecule has 0 fully saturated rings. The summed E-state index contributed by atoms with van der Waals surface area (Å²) in [5.74, 6) is 0.898. The van der Waals surface area contributed by atoms with Crippen LogP contribution in [0.5, 0.6) is 0 Å². The highest BCUT2D eigenvalue weighted by Gasteiger charge is 2.11. The van der Waals surface area contributed by atoms with Gasteiger partial charge in [-0.2, -0.15) is 4.98 Å². The molecule has 0 saturated carbocycles. The first-order chi connectivity index (χ1) is 14.6. The number of nitrogens with one attached hydrogen (secondary N) is 4. The number of aromatic nitrogens is 5. The molecular formula is C20H22BN7O2. The molecule has 152 valence electrons. The number of benzene rings is 1. The highest BCUT2D eigenvalue weighted by Crippen LogP contribution is 2.22. The van der Waals surface area contributed by atoms with Crippen molar-refractivity contribution in [3.8, 4) is 0 Å². The summed E-state index contributed by atoms with van der Waals surface area (Å²) in [5, 5.41) is 7.45. The van der Waals surface area contributed by atoms with E-state index in [1.807, 2.05) is 32.2 Å². The lowest BCUT2D eigenvalue weighted by Crippen LogP contribution is -2.18. The van der Waals surface area contributed by atoms with Crippen LogP contribution in [0.2, 0.25) is 0 Å². The number of esters is 1. The number of ether oxygens (including phenoxy) is 1. The Bertz CT molecular complexity index is 1160. The molecule has 0 amide bonds. The summed E-state index contributed by atoms with van der Waals surface area (Å²) >= 11 is 0. The number of hydrogen-bond acceptors (Lipinski definition) is 7. The molecule has 0 saturated heterocycles. The van der Waals surface area contributed by atoms with Crippen molar-refractivity contribution in [1.82, 2.24) is 24.9 Å². The Morgan fingerprint density at radius 1 is 1.27 bits per heavy atom. The smallest absolute Gasteiger partial charge is 0.354 e. The molecule has 4 aromatic rings. The Kier molecular flexibility index (Phi) is 5.64. The quantitative estimate of drug-likeness (QED) is 0.260. The van der Waals surface area contributed by atoms with E-state index in [0.717, 1.165) is 40.0 Å². The van der Waals surface area contributed by atoms with E-state index in [9.17, 15) is 4.79 Å². The van der Waals surface area contributed by atoms with Crippen molar-refractivity contribution in [2.75, 3.05) is 23.8 Å². The van der Waals surface area contributed by atoms with E-state index in [-0.39, 0.29) is 5.97 Å². The van der Waals surface area contributed by atoms with E-state index in [2.05, 4.69) is 35.6 Å². The van der Waals surface area contributed by atoms with Gasteiger partial charge in [-0.05, 0) is 36.7 Å². The number of anilines is 3. The number of H-pyrrole nitrogens is 2. The van der Waals surface area contributed by atoms with Gasteiger partial charge in [0, 0.05) is 41.9 Å². The lowest BCUT2D eigenvalue weighted by Gasteiger charge is -2.11. The Balaban J connectivity index is 1.46. The average Bonchev–Trinajstić information content (AvgIpc) is 3.40. The summed E-state index contributed by atoms with van der Waals surface area (Å²) in [7, 11) is 1.96. The molecule has 3 heterocycles. The van der Waals surface area contributed by atoms with Crippen molar-refractivity contribution in [3.63, 3.8) is 0 Å². The standard InChI is InChI=1S/C20H22BN7O2/c1-2-30-19(29)17-8-12-7-13(3-4-16(12)27-17)26-20-24-10-15(21)18(28-20)23-6-5-14-9-22-11-25-14/h3-4,7-11,27H,2,5-6,21H2,1H3,(H,22,25)(H2,23,24,26,28). The maximum Gasteiger partial charge on any atom is 0.354 e. The SMILES string of the molecule is Bc1cnc(Nc2ccc3[nH]c(C(=O)OCC)cc3c2)nc1NCCc1c[nH]cn1. The third-order valence-electron chi connectivity index (χ3n) is 4.57.